The molecule has 0 aliphatic heterocycles. The second kappa shape index (κ2) is 7.28. The summed E-state index contributed by atoms with van der Waals surface area (Å²) < 4.78 is 0. The van der Waals surface area contributed by atoms with Crippen LogP contribution >= 0.6 is 12.4 Å². The Morgan fingerprint density at radius 1 is 1.38 bits per heavy atom. The molecule has 0 fully saturated rings. The molecule has 0 aliphatic carbocycles. The number of aliphatic hydroxyl groups excluding tert-OH is 2. The van der Waals surface area contributed by atoms with Crippen LogP contribution < -0.4 is 5.73 Å². The fourth-order valence-corrected chi connectivity index (χ4v) is 1.36. The second-order valence-electron chi connectivity index (χ2n) is 3.67. The van der Waals surface area contributed by atoms with Gasteiger partial charge in [0.25, 0.3) is 0 Å². The molecule has 0 saturated carbocycles. The first-order valence-electron chi connectivity index (χ1n) is 4.94. The van der Waals surface area contributed by atoms with Crippen LogP contribution in [-0.4, -0.2) is 22.9 Å². The third-order valence-corrected chi connectivity index (χ3v) is 2.29. The van der Waals surface area contributed by atoms with Gasteiger partial charge < -0.3 is 15.9 Å². The fourth-order valence-electron chi connectivity index (χ4n) is 1.36. The van der Waals surface area contributed by atoms with Crippen molar-refractivity contribution in [1.82, 2.24) is 0 Å². The lowest BCUT2D eigenvalue weighted by Crippen LogP contribution is -2.24. The first-order chi connectivity index (χ1) is 7.17. The summed E-state index contributed by atoms with van der Waals surface area (Å²) in [5.74, 6) is 0. The second-order valence-corrected chi connectivity index (χ2v) is 3.67. The monoisotopic (exact) mass is 243 g/mol. The minimum atomic E-state index is -0.329. The fraction of sp³-hybridized carbons (Fsp3) is 0.333. The maximum absolute atomic E-state index is 9.09. The van der Waals surface area contributed by atoms with Crippen molar-refractivity contribution in [2.75, 3.05) is 6.61 Å². The van der Waals surface area contributed by atoms with Crippen molar-refractivity contribution >= 4 is 18.0 Å². The van der Waals surface area contributed by atoms with Crippen LogP contribution in [-0.2, 0) is 0 Å². The summed E-state index contributed by atoms with van der Waals surface area (Å²) in [5, 5.41) is 17.9. The van der Waals surface area contributed by atoms with Gasteiger partial charge in [-0.25, -0.2) is 0 Å². The summed E-state index contributed by atoms with van der Waals surface area (Å²) >= 11 is 0. The zero-order chi connectivity index (χ0) is 11.3. The third kappa shape index (κ3) is 4.23. The summed E-state index contributed by atoms with van der Waals surface area (Å²) in [6.45, 7) is 1.93. The highest BCUT2D eigenvalue weighted by Gasteiger charge is 2.07. The SMILES string of the molecule is Cc1ccc(/C(=C/O)CC(N)CO)cc1.Cl. The van der Waals surface area contributed by atoms with Crippen molar-refractivity contribution < 1.29 is 10.2 Å². The molecule has 0 bridgehead atoms. The Labute approximate surface area is 102 Å². The number of halogens is 1. The average molecular weight is 244 g/mol. The summed E-state index contributed by atoms with van der Waals surface area (Å²) in [6, 6.07) is 7.49. The molecule has 3 nitrogen and oxygen atoms in total. The smallest absolute Gasteiger partial charge is 0.0830 e. The van der Waals surface area contributed by atoms with Crippen molar-refractivity contribution in [3.63, 3.8) is 0 Å². The van der Waals surface area contributed by atoms with Crippen molar-refractivity contribution in [3.8, 4) is 0 Å². The van der Waals surface area contributed by atoms with Gasteiger partial charge in [0, 0.05) is 6.04 Å². The van der Waals surface area contributed by atoms with Crippen LogP contribution in [0.5, 0.6) is 0 Å². The number of aliphatic hydroxyl groups is 2. The molecule has 0 aromatic heterocycles. The van der Waals surface area contributed by atoms with Gasteiger partial charge in [-0.2, -0.15) is 0 Å². The quantitative estimate of drug-likeness (QED) is 0.709. The molecule has 0 radical (unpaired) electrons. The van der Waals surface area contributed by atoms with Gasteiger partial charge in [0.1, 0.15) is 0 Å². The highest BCUT2D eigenvalue weighted by atomic mass is 35.5. The van der Waals surface area contributed by atoms with Gasteiger partial charge in [-0.1, -0.05) is 29.8 Å². The molecule has 0 spiro atoms. The average Bonchev–Trinajstić information content (AvgIpc) is 2.27. The van der Waals surface area contributed by atoms with Gasteiger partial charge >= 0.3 is 0 Å². The van der Waals surface area contributed by atoms with Gasteiger partial charge in [-0.3, -0.25) is 0 Å². The number of aryl methyl sites for hydroxylation is 1. The van der Waals surface area contributed by atoms with Crippen molar-refractivity contribution in [1.29, 1.82) is 0 Å². The van der Waals surface area contributed by atoms with E-state index in [1.165, 1.54) is 5.56 Å². The molecular weight excluding hydrogens is 226 g/mol. The van der Waals surface area contributed by atoms with E-state index in [4.69, 9.17) is 15.9 Å². The Morgan fingerprint density at radius 3 is 2.38 bits per heavy atom. The molecule has 4 heteroatoms. The van der Waals surface area contributed by atoms with E-state index in [0.29, 0.717) is 6.42 Å². The summed E-state index contributed by atoms with van der Waals surface area (Å²) in [7, 11) is 0. The topological polar surface area (TPSA) is 66.5 Å². The van der Waals surface area contributed by atoms with Gasteiger partial charge in [-0.15, -0.1) is 12.4 Å². The van der Waals surface area contributed by atoms with Crippen LogP contribution in [0.4, 0.5) is 0 Å². The maximum atomic E-state index is 9.09. The van der Waals surface area contributed by atoms with E-state index in [1.807, 2.05) is 31.2 Å². The lowest BCUT2D eigenvalue weighted by molar-refractivity contribution is 0.267. The number of hydrogen-bond acceptors (Lipinski definition) is 3. The predicted octanol–water partition coefficient (Wildman–Crippen LogP) is 2.03. The van der Waals surface area contributed by atoms with Crippen LogP contribution in [0.25, 0.3) is 5.57 Å². The standard InChI is InChI=1S/C12H17NO2.ClH/c1-9-2-4-10(5-3-9)11(7-14)6-12(13)8-15;/h2-5,7,12,14-15H,6,8,13H2,1H3;1H/b11-7+;. The predicted molar refractivity (Wildman–Crippen MR) is 68.7 cm³/mol. The van der Waals surface area contributed by atoms with E-state index in [-0.39, 0.29) is 25.1 Å². The highest BCUT2D eigenvalue weighted by molar-refractivity contribution is 5.85. The van der Waals surface area contributed by atoms with Crippen LogP contribution in [0.3, 0.4) is 0 Å². The molecule has 4 N–H and O–H groups in total. The van der Waals surface area contributed by atoms with E-state index in [2.05, 4.69) is 0 Å². The van der Waals surface area contributed by atoms with E-state index in [9.17, 15) is 0 Å². The van der Waals surface area contributed by atoms with E-state index in [1.54, 1.807) is 0 Å². The van der Waals surface area contributed by atoms with Gasteiger partial charge in [0.05, 0.1) is 12.9 Å². The number of benzene rings is 1. The summed E-state index contributed by atoms with van der Waals surface area (Å²) in [5.41, 5.74) is 8.47. The van der Waals surface area contributed by atoms with Crippen LogP contribution in [0, 0.1) is 6.92 Å². The summed E-state index contributed by atoms with van der Waals surface area (Å²) in [6.07, 6.45) is 1.52. The Balaban J connectivity index is 0.00000225. The Bertz CT molecular complexity index is 335. The third-order valence-electron chi connectivity index (χ3n) is 2.29. The zero-order valence-corrected chi connectivity index (χ0v) is 10.1. The van der Waals surface area contributed by atoms with E-state index in [0.717, 1.165) is 17.4 Å². The lowest BCUT2D eigenvalue weighted by Gasteiger charge is -2.11. The molecule has 1 atom stereocenters. The normalized spacial score (nSPS) is 13.1. The Kier molecular flexibility index (Phi) is 6.81. The molecular formula is C12H18ClNO2. The minimum absolute atomic E-state index is 0. The minimum Gasteiger partial charge on any atom is -0.515 e. The maximum Gasteiger partial charge on any atom is 0.0830 e. The largest absolute Gasteiger partial charge is 0.515 e. The molecule has 1 aromatic rings. The highest BCUT2D eigenvalue weighted by Crippen LogP contribution is 2.19. The van der Waals surface area contributed by atoms with Crippen molar-refractivity contribution in [2.45, 2.75) is 19.4 Å². The molecule has 1 aromatic carbocycles. The van der Waals surface area contributed by atoms with Crippen LogP contribution in [0.15, 0.2) is 30.5 Å². The lowest BCUT2D eigenvalue weighted by atomic mass is 9.99. The molecule has 0 saturated heterocycles. The van der Waals surface area contributed by atoms with Crippen molar-refractivity contribution in [3.05, 3.63) is 41.7 Å². The Hall–Kier alpha value is -1.03. The van der Waals surface area contributed by atoms with Gasteiger partial charge in [0.15, 0.2) is 0 Å². The Morgan fingerprint density at radius 2 is 1.94 bits per heavy atom. The molecule has 1 unspecified atom stereocenters. The summed E-state index contributed by atoms with van der Waals surface area (Å²) in [4.78, 5) is 0. The van der Waals surface area contributed by atoms with Crippen LogP contribution in [0.1, 0.15) is 17.5 Å². The van der Waals surface area contributed by atoms with Gasteiger partial charge in [-0.05, 0) is 24.5 Å². The molecule has 90 valence electrons. The molecule has 0 aliphatic rings. The first-order valence-corrected chi connectivity index (χ1v) is 4.94. The zero-order valence-electron chi connectivity index (χ0n) is 9.26. The molecule has 0 amide bonds. The van der Waals surface area contributed by atoms with Crippen molar-refractivity contribution in [2.24, 2.45) is 5.73 Å². The number of nitrogens with two attached hydrogens (primary N) is 1. The van der Waals surface area contributed by atoms with E-state index < -0.39 is 0 Å². The van der Waals surface area contributed by atoms with Crippen LogP contribution in [0.2, 0.25) is 0 Å². The van der Waals surface area contributed by atoms with Gasteiger partial charge in [0.2, 0.25) is 0 Å². The number of hydrogen-bond donors (Lipinski definition) is 3. The molecule has 0 heterocycles. The first kappa shape index (κ1) is 15.0. The molecule has 1 rings (SSSR count). The van der Waals surface area contributed by atoms with E-state index >= 15 is 0 Å². The number of rotatable bonds is 4. The molecule has 16 heavy (non-hydrogen) atoms.